The minimum absolute atomic E-state index is 0.0282. The summed E-state index contributed by atoms with van der Waals surface area (Å²) in [4.78, 5) is 31.2. The zero-order chi connectivity index (χ0) is 31.5. The van der Waals surface area contributed by atoms with Crippen LogP contribution in [0.2, 0.25) is 0 Å². The molecule has 4 fully saturated rings. The van der Waals surface area contributed by atoms with Gasteiger partial charge in [0.15, 0.2) is 0 Å². The molecule has 0 spiro atoms. The first-order valence-electron chi connectivity index (χ1n) is 16.5. The van der Waals surface area contributed by atoms with Crippen LogP contribution in [-0.2, 0) is 20.5 Å². The average Bonchev–Trinajstić information content (AvgIpc) is 3.60. The van der Waals surface area contributed by atoms with E-state index in [1.165, 1.54) is 6.42 Å². The SMILES string of the molecule is CC(C)C[C@H](NC(=O)[C@H](Cc1c[nH]c2ccccc12)NC(=O)c1ccc2ccccc2c1)B1O[C@@H]2C[C@@H]3C[C@@H](C3(C)C)[C@]2(C)O1. The summed E-state index contributed by atoms with van der Waals surface area (Å²) in [5.41, 5.74) is 2.35. The molecule has 8 rings (SSSR count). The van der Waals surface area contributed by atoms with Crippen molar-refractivity contribution in [2.24, 2.45) is 23.2 Å². The standard InChI is InChI=1S/C37H44BN3O4/c1-22(2)16-33(38-44-32-20-27-19-31(36(27,3)4)37(32,5)45-38)41-35(43)30(18-26-21-39-29-13-9-8-12-28(26)29)40-34(42)25-15-14-23-10-6-7-11-24(23)17-25/h6-15,17,21-22,27,30-33,39H,16,18-20H2,1-5H3,(H,40,42)(H,41,43)/t27-,30-,31-,32+,33-,37-/m0/s1. The number of hydrogen-bond donors (Lipinski definition) is 3. The Morgan fingerprint density at radius 2 is 1.73 bits per heavy atom. The van der Waals surface area contributed by atoms with Crippen molar-refractivity contribution in [3.63, 3.8) is 0 Å². The summed E-state index contributed by atoms with van der Waals surface area (Å²) in [5.74, 6) is 0.523. The summed E-state index contributed by atoms with van der Waals surface area (Å²) in [7, 11) is -0.536. The molecule has 4 aliphatic rings. The van der Waals surface area contributed by atoms with E-state index in [2.05, 4.69) is 50.2 Å². The number of benzene rings is 3. The van der Waals surface area contributed by atoms with Crippen LogP contribution in [0.15, 0.2) is 72.9 Å². The van der Waals surface area contributed by atoms with Gasteiger partial charge in [0.25, 0.3) is 5.91 Å². The molecule has 2 amide bonds. The molecule has 7 nitrogen and oxygen atoms in total. The van der Waals surface area contributed by atoms with Gasteiger partial charge >= 0.3 is 7.12 Å². The highest BCUT2D eigenvalue weighted by Crippen LogP contribution is 2.65. The van der Waals surface area contributed by atoms with Gasteiger partial charge in [-0.05, 0) is 83.9 Å². The lowest BCUT2D eigenvalue weighted by molar-refractivity contribution is -0.199. The van der Waals surface area contributed by atoms with Crippen molar-refractivity contribution < 1.29 is 18.9 Å². The van der Waals surface area contributed by atoms with E-state index in [0.29, 0.717) is 36.2 Å². The van der Waals surface area contributed by atoms with Gasteiger partial charge in [0.05, 0.1) is 17.6 Å². The van der Waals surface area contributed by atoms with E-state index in [1.807, 2.05) is 72.9 Å². The van der Waals surface area contributed by atoms with Crippen LogP contribution in [-0.4, -0.2) is 47.6 Å². The van der Waals surface area contributed by atoms with Gasteiger partial charge < -0.3 is 24.9 Å². The molecular formula is C37H44BN3O4. The highest BCUT2D eigenvalue weighted by atomic mass is 16.7. The average molecular weight is 606 g/mol. The van der Waals surface area contributed by atoms with E-state index in [0.717, 1.165) is 33.7 Å². The molecule has 2 bridgehead atoms. The third-order valence-electron chi connectivity index (χ3n) is 11.1. The molecular weight excluding hydrogens is 561 g/mol. The zero-order valence-electron chi connectivity index (χ0n) is 26.9. The molecule has 3 saturated carbocycles. The fourth-order valence-corrected chi connectivity index (χ4v) is 8.40. The molecule has 3 aliphatic carbocycles. The maximum atomic E-state index is 14.3. The fourth-order valence-electron chi connectivity index (χ4n) is 8.40. The second kappa shape index (κ2) is 11.3. The number of H-pyrrole nitrogens is 1. The molecule has 1 aromatic heterocycles. The third-order valence-corrected chi connectivity index (χ3v) is 11.1. The van der Waals surface area contributed by atoms with Crippen molar-refractivity contribution in [2.75, 3.05) is 0 Å². The van der Waals surface area contributed by atoms with Crippen LogP contribution in [0.1, 0.15) is 69.8 Å². The predicted octanol–water partition coefficient (Wildman–Crippen LogP) is 6.46. The van der Waals surface area contributed by atoms with E-state index in [4.69, 9.17) is 9.31 Å². The monoisotopic (exact) mass is 605 g/mol. The van der Waals surface area contributed by atoms with Crippen LogP contribution in [0.25, 0.3) is 21.7 Å². The molecule has 1 saturated heterocycles. The number of nitrogens with one attached hydrogen (secondary N) is 3. The first-order chi connectivity index (χ1) is 21.5. The largest absolute Gasteiger partial charge is 0.481 e. The van der Waals surface area contributed by atoms with Gasteiger partial charge in [0.2, 0.25) is 5.91 Å². The number of fused-ring (bicyclic) bond motifs is 2. The van der Waals surface area contributed by atoms with Crippen molar-refractivity contribution in [1.82, 2.24) is 15.6 Å². The van der Waals surface area contributed by atoms with Crippen molar-refractivity contribution in [2.45, 2.75) is 84.0 Å². The van der Waals surface area contributed by atoms with Gasteiger partial charge in [0, 0.05) is 29.1 Å². The Labute approximate surface area is 266 Å². The molecule has 6 atom stereocenters. The summed E-state index contributed by atoms with van der Waals surface area (Å²) in [6.07, 6.45) is 5.17. The molecule has 45 heavy (non-hydrogen) atoms. The minimum atomic E-state index is -0.802. The topological polar surface area (TPSA) is 92.5 Å². The second-order valence-electron chi connectivity index (χ2n) is 14.7. The van der Waals surface area contributed by atoms with Crippen LogP contribution in [0, 0.1) is 23.2 Å². The molecule has 2 heterocycles. The Morgan fingerprint density at radius 3 is 2.51 bits per heavy atom. The Balaban J connectivity index is 1.15. The molecule has 0 unspecified atom stereocenters. The second-order valence-corrected chi connectivity index (χ2v) is 14.7. The van der Waals surface area contributed by atoms with Crippen molar-refractivity contribution in [3.05, 3.63) is 84.1 Å². The maximum Gasteiger partial charge on any atom is 0.481 e. The van der Waals surface area contributed by atoms with Gasteiger partial charge in [-0.15, -0.1) is 0 Å². The Hall–Kier alpha value is -3.62. The number of para-hydroxylation sites is 1. The molecule has 8 heteroatoms. The zero-order valence-corrected chi connectivity index (χ0v) is 26.9. The molecule has 3 N–H and O–H groups in total. The molecule has 1 aliphatic heterocycles. The molecule has 234 valence electrons. The summed E-state index contributed by atoms with van der Waals surface area (Å²) in [5, 5.41) is 9.46. The number of amides is 2. The molecule has 4 aromatic rings. The van der Waals surface area contributed by atoms with E-state index >= 15 is 0 Å². The minimum Gasteiger partial charge on any atom is -0.404 e. The van der Waals surface area contributed by atoms with Crippen LogP contribution >= 0.6 is 0 Å². The van der Waals surface area contributed by atoms with E-state index < -0.39 is 13.2 Å². The van der Waals surface area contributed by atoms with Gasteiger partial charge in [0.1, 0.15) is 6.04 Å². The maximum absolute atomic E-state index is 14.3. The summed E-state index contributed by atoms with van der Waals surface area (Å²) in [6, 6.07) is 20.8. The van der Waals surface area contributed by atoms with Crippen molar-refractivity contribution in [3.8, 4) is 0 Å². The first kappa shape index (κ1) is 30.1. The molecule has 3 aromatic carbocycles. The summed E-state index contributed by atoms with van der Waals surface area (Å²) >= 11 is 0. The number of carbonyl (C=O) groups excluding carboxylic acids is 2. The van der Waals surface area contributed by atoms with E-state index in [9.17, 15) is 9.59 Å². The van der Waals surface area contributed by atoms with Crippen LogP contribution in [0.5, 0.6) is 0 Å². The number of carbonyl (C=O) groups is 2. The van der Waals surface area contributed by atoms with Crippen molar-refractivity contribution >= 4 is 40.6 Å². The van der Waals surface area contributed by atoms with Gasteiger partial charge in [-0.1, -0.05) is 76.2 Å². The summed E-state index contributed by atoms with van der Waals surface area (Å²) < 4.78 is 13.4. The lowest BCUT2D eigenvalue weighted by Crippen LogP contribution is -2.65. The number of aromatic nitrogens is 1. The predicted molar refractivity (Wildman–Crippen MR) is 179 cm³/mol. The van der Waals surface area contributed by atoms with Gasteiger partial charge in [-0.25, -0.2) is 0 Å². The third kappa shape index (κ3) is 5.36. The van der Waals surface area contributed by atoms with Crippen molar-refractivity contribution in [1.29, 1.82) is 0 Å². The first-order valence-corrected chi connectivity index (χ1v) is 16.5. The quantitative estimate of drug-likeness (QED) is 0.191. The fraction of sp³-hybridized carbons (Fsp3) is 0.459. The van der Waals surface area contributed by atoms with Crippen LogP contribution in [0.4, 0.5) is 0 Å². The highest BCUT2D eigenvalue weighted by Gasteiger charge is 2.68. The van der Waals surface area contributed by atoms with E-state index in [1.54, 1.807) is 0 Å². The normalized spacial score (nSPS) is 26.4. The van der Waals surface area contributed by atoms with Gasteiger partial charge in [-0.2, -0.15) is 0 Å². The summed E-state index contributed by atoms with van der Waals surface area (Å²) in [6.45, 7) is 11.2. The Kier molecular flexibility index (Phi) is 7.56. The number of rotatable bonds is 9. The smallest absolute Gasteiger partial charge is 0.404 e. The number of aromatic amines is 1. The van der Waals surface area contributed by atoms with Crippen LogP contribution < -0.4 is 10.6 Å². The van der Waals surface area contributed by atoms with E-state index in [-0.39, 0.29) is 34.9 Å². The molecule has 0 radical (unpaired) electrons. The van der Waals surface area contributed by atoms with Crippen LogP contribution in [0.3, 0.4) is 0 Å². The van der Waals surface area contributed by atoms with Gasteiger partial charge in [-0.3, -0.25) is 9.59 Å². The highest BCUT2D eigenvalue weighted by molar-refractivity contribution is 6.48. The Bertz CT molecular complexity index is 1750. The lowest BCUT2D eigenvalue weighted by atomic mass is 9.43. The lowest BCUT2D eigenvalue weighted by Gasteiger charge is -2.64. The Morgan fingerprint density at radius 1 is 0.978 bits per heavy atom. The number of hydrogen-bond acceptors (Lipinski definition) is 4.